The zero-order valence-electron chi connectivity index (χ0n) is 2.70. The van der Waals surface area contributed by atoms with E-state index < -0.39 is 0 Å². The van der Waals surface area contributed by atoms with E-state index in [2.05, 4.69) is 12.6 Å². The van der Waals surface area contributed by atoms with Crippen LogP contribution in [0.3, 0.4) is 0 Å². The van der Waals surface area contributed by atoms with Crippen LogP contribution in [-0.2, 0) is 0 Å². The number of nitrogens with zero attached hydrogens (tertiary/aromatic N) is 2. The predicted octanol–water partition coefficient (Wildman–Crippen LogP) is 0.539. The maximum Gasteiger partial charge on any atom is 0.152 e. The van der Waals surface area contributed by atoms with E-state index in [4.69, 9.17) is 15.4 Å². The molecule has 1 N–H and O–H groups in total. The second kappa shape index (κ2) is 28.9. The molecule has 0 aromatic rings. The molecule has 0 aromatic carbocycles. The highest BCUT2D eigenvalue weighted by atomic mass is 32.1. The van der Waals surface area contributed by atoms with Crippen molar-refractivity contribution in [3.05, 3.63) is 4.91 Å². The summed E-state index contributed by atoms with van der Waals surface area (Å²) in [4.78, 5) is 8.11. The van der Waals surface area contributed by atoms with Gasteiger partial charge in [-0.2, -0.15) is 5.26 Å². The van der Waals surface area contributed by atoms with E-state index >= 15 is 0 Å². The fourth-order valence-corrected chi connectivity index (χ4v) is 0. The summed E-state index contributed by atoms with van der Waals surface area (Å²) < 4.78 is 0. The molecule has 0 radical (unpaired) electrons. The molecule has 0 spiro atoms. The molecular formula is CH2N2O2S. The van der Waals surface area contributed by atoms with Crippen molar-refractivity contribution >= 4 is 12.6 Å². The summed E-state index contributed by atoms with van der Waals surface area (Å²) in [7, 11) is 0. The first-order valence-electron chi connectivity index (χ1n) is 0.830. The molecule has 4 nitrogen and oxygen atoms in total. The van der Waals surface area contributed by atoms with Crippen LogP contribution in [-0.4, -0.2) is 5.21 Å². The largest absolute Gasteiger partial charge is 0.379 e. The van der Waals surface area contributed by atoms with Crippen LogP contribution in [0, 0.1) is 15.6 Å². The van der Waals surface area contributed by atoms with Crippen molar-refractivity contribution in [3.8, 4) is 5.40 Å². The Morgan fingerprint density at radius 3 is 2.00 bits per heavy atom. The topological polar surface area (TPSA) is 73.5 Å². The fraction of sp³-hybridized carbons (Fsp3) is 0. The zero-order valence-corrected chi connectivity index (χ0v) is 3.59. The van der Waals surface area contributed by atoms with Crippen LogP contribution in [0.1, 0.15) is 0 Å². The van der Waals surface area contributed by atoms with Crippen LogP contribution >= 0.6 is 12.6 Å². The third-order valence-electron chi connectivity index (χ3n) is 0. The Morgan fingerprint density at radius 1 is 2.00 bits per heavy atom. The number of hydrogen-bond donors (Lipinski definition) is 2. The third kappa shape index (κ3) is 28.1. The SMILES string of the molecule is N#CS.O=NO. The lowest BCUT2D eigenvalue weighted by molar-refractivity contribution is 0.312. The Bertz CT molecular complexity index is 57.1. The van der Waals surface area contributed by atoms with Gasteiger partial charge in [-0.1, -0.05) is 12.6 Å². The van der Waals surface area contributed by atoms with Crippen molar-refractivity contribution in [1.82, 2.24) is 0 Å². The van der Waals surface area contributed by atoms with Gasteiger partial charge in [-0.05, 0) is 0 Å². The van der Waals surface area contributed by atoms with Gasteiger partial charge >= 0.3 is 0 Å². The summed E-state index contributed by atoms with van der Waals surface area (Å²) in [5.74, 6) is 0. The molecule has 6 heavy (non-hydrogen) atoms. The second-order valence-electron chi connectivity index (χ2n) is 0.182. The number of rotatable bonds is 0. The van der Waals surface area contributed by atoms with Gasteiger partial charge in [0.2, 0.25) is 0 Å². The molecule has 0 saturated heterocycles. The maximum absolute atomic E-state index is 8.11. The molecule has 34 valence electrons. The van der Waals surface area contributed by atoms with E-state index in [9.17, 15) is 0 Å². The van der Waals surface area contributed by atoms with Crippen molar-refractivity contribution in [2.45, 2.75) is 0 Å². The molecule has 0 heterocycles. The van der Waals surface area contributed by atoms with Crippen molar-refractivity contribution in [2.24, 2.45) is 5.34 Å². The first kappa shape index (κ1) is 8.97. The van der Waals surface area contributed by atoms with E-state index in [0.717, 1.165) is 0 Å². The summed E-state index contributed by atoms with van der Waals surface area (Å²) in [6.45, 7) is 0. The number of thiocyanates is 1. The fourth-order valence-electron chi connectivity index (χ4n) is 0. The van der Waals surface area contributed by atoms with Gasteiger partial charge in [0.1, 0.15) is 5.40 Å². The van der Waals surface area contributed by atoms with Gasteiger partial charge in [-0.3, -0.25) is 0 Å². The Morgan fingerprint density at radius 2 is 2.00 bits per heavy atom. The Balaban J connectivity index is 0. The van der Waals surface area contributed by atoms with Gasteiger partial charge in [0.05, 0.1) is 0 Å². The molecule has 0 aliphatic rings. The van der Waals surface area contributed by atoms with Crippen molar-refractivity contribution < 1.29 is 5.21 Å². The normalized spacial score (nSPS) is 3.33. The highest BCUT2D eigenvalue weighted by Gasteiger charge is 1.18. The van der Waals surface area contributed by atoms with E-state index in [0.29, 0.717) is 0 Å². The molecule has 0 amide bonds. The molecule has 0 fully saturated rings. The molecule has 0 rings (SSSR count). The van der Waals surface area contributed by atoms with Gasteiger partial charge in [-0.25, -0.2) is 0 Å². The van der Waals surface area contributed by atoms with Gasteiger partial charge in [0.25, 0.3) is 0 Å². The predicted molar refractivity (Wildman–Crippen MR) is 22.2 cm³/mol. The lowest BCUT2D eigenvalue weighted by Gasteiger charge is -1.32. The maximum atomic E-state index is 8.11. The lowest BCUT2D eigenvalue weighted by Crippen LogP contribution is -1.25. The molecule has 0 aromatic heterocycles. The van der Waals surface area contributed by atoms with Crippen LogP contribution in [0.4, 0.5) is 0 Å². The van der Waals surface area contributed by atoms with Crippen LogP contribution in [0.25, 0.3) is 0 Å². The van der Waals surface area contributed by atoms with Crippen molar-refractivity contribution in [2.75, 3.05) is 0 Å². The van der Waals surface area contributed by atoms with Crippen LogP contribution in [0.2, 0.25) is 0 Å². The molecule has 0 atom stereocenters. The van der Waals surface area contributed by atoms with E-state index in [1.165, 1.54) is 10.7 Å². The van der Waals surface area contributed by atoms with Gasteiger partial charge in [0.15, 0.2) is 5.34 Å². The highest BCUT2D eigenvalue weighted by molar-refractivity contribution is 7.85. The minimum absolute atomic E-state index is 1.25. The number of hydrogen-bond acceptors (Lipinski definition) is 4. The monoisotopic (exact) mass is 106 g/mol. The summed E-state index contributed by atoms with van der Waals surface area (Å²) in [6, 6.07) is 0. The van der Waals surface area contributed by atoms with Gasteiger partial charge in [0, 0.05) is 0 Å². The molecule has 5 heteroatoms. The molecule has 0 unspecified atom stereocenters. The summed E-state index contributed by atoms with van der Waals surface area (Å²) >= 11 is 3.09. The van der Waals surface area contributed by atoms with Gasteiger partial charge in [-0.15, -0.1) is 4.91 Å². The Kier molecular flexibility index (Phi) is 43.3. The van der Waals surface area contributed by atoms with Gasteiger partial charge < -0.3 is 5.21 Å². The van der Waals surface area contributed by atoms with E-state index in [1.807, 2.05) is 0 Å². The van der Waals surface area contributed by atoms with Crippen LogP contribution in [0.5, 0.6) is 0 Å². The summed E-state index contributed by atoms with van der Waals surface area (Å²) in [5.41, 5.74) is 0. The van der Waals surface area contributed by atoms with Crippen LogP contribution < -0.4 is 0 Å². The quantitative estimate of drug-likeness (QED) is 0.205. The minimum Gasteiger partial charge on any atom is -0.379 e. The molecule has 0 bridgehead atoms. The first-order valence-corrected chi connectivity index (χ1v) is 1.28. The second-order valence-corrected chi connectivity index (χ2v) is 0.382. The Hall–Kier alpha value is -0.760. The van der Waals surface area contributed by atoms with Crippen LogP contribution in [0.15, 0.2) is 5.34 Å². The molecule has 0 aliphatic heterocycles. The van der Waals surface area contributed by atoms with E-state index in [1.54, 1.807) is 0 Å². The average Bonchev–Trinajstić information content (AvgIpc) is 1.39. The molecule has 0 saturated carbocycles. The first-order chi connectivity index (χ1) is 2.83. The Labute approximate surface area is 39.7 Å². The van der Waals surface area contributed by atoms with Crippen molar-refractivity contribution in [1.29, 1.82) is 5.26 Å². The standard InChI is InChI=1S/CHNS.HNO2/c2*2-1-3/h3H;(H,2,3). The number of thiol groups is 1. The molecule has 0 aliphatic carbocycles. The third-order valence-corrected chi connectivity index (χ3v) is 0. The number of nitriles is 1. The highest BCUT2D eigenvalue weighted by Crippen LogP contribution is 1.46. The molecular weight excluding hydrogens is 104 g/mol. The smallest absolute Gasteiger partial charge is 0.152 e. The minimum atomic E-state index is 1.25. The summed E-state index contributed by atoms with van der Waals surface area (Å²) in [6.07, 6.45) is 0. The van der Waals surface area contributed by atoms with E-state index in [-0.39, 0.29) is 0 Å². The zero-order chi connectivity index (χ0) is 5.41. The van der Waals surface area contributed by atoms with Crippen molar-refractivity contribution in [3.63, 3.8) is 0 Å². The average molecular weight is 106 g/mol. The lowest BCUT2D eigenvalue weighted by atomic mass is 11.8. The summed E-state index contributed by atoms with van der Waals surface area (Å²) in [5, 5.41) is 16.5.